The number of nitrogens with zero attached hydrogens (tertiary/aromatic N) is 1. The molecular weight excluding hydrogens is 260 g/mol. The molecular formula is C17H40N2Si. The van der Waals surface area contributed by atoms with Gasteiger partial charge in [0, 0.05) is 0 Å². The fraction of sp³-hybridized carbons (Fsp3) is 0.882. The van der Waals surface area contributed by atoms with Crippen molar-refractivity contribution >= 4 is 8.96 Å². The smallest absolute Gasteiger partial charge is 0.135 e. The molecule has 20 heavy (non-hydrogen) atoms. The Morgan fingerprint density at radius 1 is 0.850 bits per heavy atom. The van der Waals surface area contributed by atoms with Crippen molar-refractivity contribution in [2.45, 2.75) is 72.8 Å². The van der Waals surface area contributed by atoms with Gasteiger partial charge in [-0.05, 0) is 57.9 Å². The van der Waals surface area contributed by atoms with Gasteiger partial charge in [0.05, 0.1) is 0 Å². The SMILES string of the molecule is C=C[SiH](CCC)N(CCC)CCC.CCCNCCC. The lowest BCUT2D eigenvalue weighted by Gasteiger charge is -2.27. The van der Waals surface area contributed by atoms with Gasteiger partial charge in [-0.15, -0.1) is 6.58 Å². The summed E-state index contributed by atoms with van der Waals surface area (Å²) in [6, 6.07) is 1.39. The van der Waals surface area contributed by atoms with Gasteiger partial charge in [0.25, 0.3) is 0 Å². The van der Waals surface area contributed by atoms with Crippen LogP contribution in [0.2, 0.25) is 6.04 Å². The van der Waals surface area contributed by atoms with Gasteiger partial charge in [-0.3, -0.25) is 0 Å². The minimum atomic E-state index is -0.766. The molecule has 0 aromatic rings. The molecule has 1 atom stereocenters. The highest BCUT2D eigenvalue weighted by atomic mass is 28.3. The highest BCUT2D eigenvalue weighted by Gasteiger charge is 2.13. The lowest BCUT2D eigenvalue weighted by molar-refractivity contribution is 0.431. The minimum Gasteiger partial charge on any atom is -0.323 e. The Labute approximate surface area is 130 Å². The third-order valence-electron chi connectivity index (χ3n) is 3.20. The van der Waals surface area contributed by atoms with Crippen molar-refractivity contribution in [2.24, 2.45) is 0 Å². The zero-order valence-electron chi connectivity index (χ0n) is 14.9. The molecule has 122 valence electrons. The molecule has 0 bridgehead atoms. The van der Waals surface area contributed by atoms with E-state index in [1.807, 2.05) is 0 Å². The fourth-order valence-corrected chi connectivity index (χ4v) is 4.91. The third-order valence-corrected chi connectivity index (χ3v) is 6.37. The topological polar surface area (TPSA) is 15.3 Å². The molecule has 0 amide bonds. The maximum atomic E-state index is 3.99. The van der Waals surface area contributed by atoms with E-state index in [-0.39, 0.29) is 0 Å². The van der Waals surface area contributed by atoms with E-state index in [1.54, 1.807) is 0 Å². The minimum absolute atomic E-state index is 0.766. The van der Waals surface area contributed by atoms with Crippen LogP contribution < -0.4 is 5.32 Å². The molecule has 0 saturated heterocycles. The van der Waals surface area contributed by atoms with E-state index in [0.29, 0.717) is 0 Å². The summed E-state index contributed by atoms with van der Waals surface area (Å²) in [6.45, 7) is 20.1. The molecule has 0 heterocycles. The van der Waals surface area contributed by atoms with Crippen molar-refractivity contribution in [1.29, 1.82) is 0 Å². The summed E-state index contributed by atoms with van der Waals surface area (Å²) in [6.07, 6.45) is 6.37. The van der Waals surface area contributed by atoms with Crippen LogP contribution in [0.25, 0.3) is 0 Å². The van der Waals surface area contributed by atoms with Crippen LogP contribution in [-0.4, -0.2) is 39.7 Å². The van der Waals surface area contributed by atoms with E-state index in [4.69, 9.17) is 0 Å². The Balaban J connectivity index is 0. The second kappa shape index (κ2) is 18.9. The summed E-state index contributed by atoms with van der Waals surface area (Å²) in [7, 11) is -0.766. The second-order valence-electron chi connectivity index (χ2n) is 5.38. The monoisotopic (exact) mass is 300 g/mol. The second-order valence-corrected chi connectivity index (χ2v) is 8.29. The first-order chi connectivity index (χ1) is 9.71. The van der Waals surface area contributed by atoms with Crippen molar-refractivity contribution in [3.05, 3.63) is 12.3 Å². The Hall–Kier alpha value is -0.123. The number of nitrogens with one attached hydrogen (secondary N) is 1. The molecule has 0 aromatic carbocycles. The van der Waals surface area contributed by atoms with Gasteiger partial charge in [0.2, 0.25) is 0 Å². The Morgan fingerprint density at radius 3 is 1.65 bits per heavy atom. The molecule has 0 rings (SSSR count). The molecule has 2 nitrogen and oxygen atoms in total. The molecule has 0 aromatic heterocycles. The fourth-order valence-electron chi connectivity index (χ4n) is 2.24. The molecule has 0 aliphatic heterocycles. The molecule has 0 spiro atoms. The van der Waals surface area contributed by atoms with Crippen LogP contribution in [0.3, 0.4) is 0 Å². The van der Waals surface area contributed by atoms with Gasteiger partial charge in [-0.25, -0.2) is 0 Å². The van der Waals surface area contributed by atoms with Crippen molar-refractivity contribution in [3.63, 3.8) is 0 Å². The number of rotatable bonds is 12. The summed E-state index contributed by atoms with van der Waals surface area (Å²) in [5, 5.41) is 3.28. The van der Waals surface area contributed by atoms with Crippen LogP contribution in [0, 0.1) is 0 Å². The lowest BCUT2D eigenvalue weighted by Crippen LogP contribution is -2.39. The average Bonchev–Trinajstić information content (AvgIpc) is 2.46. The van der Waals surface area contributed by atoms with Crippen LogP contribution in [0.1, 0.15) is 66.7 Å². The largest absolute Gasteiger partial charge is 0.323 e. The summed E-state index contributed by atoms with van der Waals surface area (Å²) < 4.78 is 2.69. The first-order valence-corrected chi connectivity index (χ1v) is 10.8. The zero-order valence-corrected chi connectivity index (χ0v) is 16.0. The summed E-state index contributed by atoms with van der Waals surface area (Å²) in [5.74, 6) is 0. The van der Waals surface area contributed by atoms with Crippen LogP contribution >= 0.6 is 0 Å². The van der Waals surface area contributed by atoms with Crippen LogP contribution in [-0.2, 0) is 0 Å². The maximum Gasteiger partial charge on any atom is 0.135 e. The summed E-state index contributed by atoms with van der Waals surface area (Å²) >= 11 is 0. The zero-order chi connectivity index (χ0) is 15.6. The molecule has 0 aliphatic carbocycles. The molecule has 0 fully saturated rings. The van der Waals surface area contributed by atoms with Crippen molar-refractivity contribution < 1.29 is 0 Å². The van der Waals surface area contributed by atoms with Crippen molar-refractivity contribution in [2.75, 3.05) is 26.2 Å². The molecule has 0 radical (unpaired) electrons. The van der Waals surface area contributed by atoms with E-state index < -0.39 is 8.96 Å². The highest BCUT2D eigenvalue weighted by molar-refractivity contribution is 6.61. The van der Waals surface area contributed by atoms with E-state index in [0.717, 1.165) is 0 Å². The number of hydrogen-bond acceptors (Lipinski definition) is 2. The Morgan fingerprint density at radius 2 is 1.35 bits per heavy atom. The van der Waals surface area contributed by atoms with E-state index in [1.165, 1.54) is 64.3 Å². The van der Waals surface area contributed by atoms with Gasteiger partial charge in [-0.1, -0.05) is 46.7 Å². The van der Waals surface area contributed by atoms with Crippen LogP contribution in [0.5, 0.6) is 0 Å². The lowest BCUT2D eigenvalue weighted by atomic mass is 10.4. The normalized spacial score (nSPS) is 11.9. The third kappa shape index (κ3) is 14.3. The highest BCUT2D eigenvalue weighted by Crippen LogP contribution is 2.06. The molecule has 1 N–H and O–H groups in total. The molecule has 1 unspecified atom stereocenters. The first-order valence-electron chi connectivity index (χ1n) is 8.78. The molecule has 0 saturated carbocycles. The predicted molar refractivity (Wildman–Crippen MR) is 98.1 cm³/mol. The van der Waals surface area contributed by atoms with Gasteiger partial charge < -0.3 is 9.88 Å². The number of hydrogen-bond donors (Lipinski definition) is 1. The summed E-state index contributed by atoms with van der Waals surface area (Å²) in [4.78, 5) is 0. The van der Waals surface area contributed by atoms with E-state index in [2.05, 4.69) is 56.8 Å². The average molecular weight is 301 g/mol. The summed E-state index contributed by atoms with van der Waals surface area (Å²) in [5.41, 5.74) is 2.24. The Kier molecular flexibility index (Phi) is 20.9. The van der Waals surface area contributed by atoms with Crippen LogP contribution in [0.15, 0.2) is 12.3 Å². The van der Waals surface area contributed by atoms with Crippen LogP contribution in [0.4, 0.5) is 0 Å². The molecule has 3 heteroatoms. The molecule has 0 aliphatic rings. The predicted octanol–water partition coefficient (Wildman–Crippen LogP) is 4.36. The first kappa shape index (κ1) is 22.2. The van der Waals surface area contributed by atoms with Crippen molar-refractivity contribution in [1.82, 2.24) is 9.88 Å². The van der Waals surface area contributed by atoms with Gasteiger partial charge in [0.15, 0.2) is 0 Å². The van der Waals surface area contributed by atoms with Gasteiger partial charge >= 0.3 is 0 Å². The van der Waals surface area contributed by atoms with Gasteiger partial charge in [0.1, 0.15) is 8.96 Å². The quantitative estimate of drug-likeness (QED) is 0.425. The van der Waals surface area contributed by atoms with E-state index in [9.17, 15) is 0 Å². The van der Waals surface area contributed by atoms with Gasteiger partial charge in [-0.2, -0.15) is 0 Å². The van der Waals surface area contributed by atoms with E-state index >= 15 is 0 Å². The maximum absolute atomic E-state index is 3.99. The Bertz CT molecular complexity index is 176. The standard InChI is InChI=1S/C11H25NSi.C6H15N/c1-5-9-12(10-6-2)13(8-4)11-7-3;1-3-5-7-6-4-2/h8,13H,4-7,9-11H2,1-3H3;7H,3-6H2,1-2H3. The van der Waals surface area contributed by atoms with Crippen molar-refractivity contribution in [3.8, 4) is 0 Å².